The van der Waals surface area contributed by atoms with Crippen LogP contribution in [0.15, 0.2) is 47.4 Å². The molecule has 0 N–H and O–H groups in total. The lowest BCUT2D eigenvalue weighted by molar-refractivity contribution is 0.0838. The molecule has 2 aromatic carbocycles. The highest BCUT2D eigenvalue weighted by molar-refractivity contribution is 7.89. The lowest BCUT2D eigenvalue weighted by Crippen LogP contribution is -2.43. The van der Waals surface area contributed by atoms with Crippen LogP contribution in [0.1, 0.15) is 40.0 Å². The van der Waals surface area contributed by atoms with E-state index < -0.39 is 10.0 Å². The van der Waals surface area contributed by atoms with Crippen molar-refractivity contribution in [2.75, 3.05) is 39.8 Å². The topological polar surface area (TPSA) is 84.0 Å². The normalized spacial score (nSPS) is 19.3. The van der Waals surface area contributed by atoms with Crippen LogP contribution < -0.4 is 4.74 Å². The average molecular weight is 475 g/mol. The number of halogens is 1. The highest BCUT2D eigenvalue weighted by Crippen LogP contribution is 2.30. The standard InChI is InChI=1S/C24H27FN2O5S/c1-32-20-7-8-21-22(28)16-27(33(30,31)23(21)15-20)12-2-11-26-13-9-18(10-14-26)24(29)17-3-5-19(25)6-4-17/h3-8,15,18H,2,9-14,16H2,1H3. The molecule has 0 aliphatic carbocycles. The molecule has 0 unspecified atom stereocenters. The van der Waals surface area contributed by atoms with Gasteiger partial charge >= 0.3 is 0 Å². The number of rotatable bonds is 7. The van der Waals surface area contributed by atoms with Crippen LogP contribution in [0.5, 0.6) is 5.75 Å². The number of fused-ring (bicyclic) bond motifs is 1. The molecule has 1 fully saturated rings. The number of ether oxygens (including phenoxy) is 1. The predicted molar refractivity (Wildman–Crippen MR) is 121 cm³/mol. The van der Waals surface area contributed by atoms with Crippen molar-refractivity contribution in [3.8, 4) is 5.75 Å². The van der Waals surface area contributed by atoms with Crippen LogP contribution >= 0.6 is 0 Å². The summed E-state index contributed by atoms with van der Waals surface area (Å²) in [6, 6.07) is 10.1. The molecule has 0 amide bonds. The predicted octanol–water partition coefficient (Wildman–Crippen LogP) is 3.01. The van der Waals surface area contributed by atoms with E-state index in [9.17, 15) is 22.4 Å². The SMILES string of the molecule is COc1ccc2c(c1)S(=O)(=O)N(CCCN1CCC(C(=O)c3ccc(F)cc3)CC1)CC2=O. The van der Waals surface area contributed by atoms with Crippen molar-refractivity contribution in [3.05, 3.63) is 59.4 Å². The molecule has 2 heterocycles. The molecule has 0 spiro atoms. The smallest absolute Gasteiger partial charge is 0.244 e. The van der Waals surface area contributed by atoms with Gasteiger partial charge in [0.2, 0.25) is 10.0 Å². The highest BCUT2D eigenvalue weighted by Gasteiger charge is 2.36. The Kier molecular flexibility index (Phi) is 6.92. The number of likely N-dealkylation sites (tertiary alicyclic amines) is 1. The van der Waals surface area contributed by atoms with Gasteiger partial charge in [-0.15, -0.1) is 0 Å². The second kappa shape index (κ2) is 9.70. The minimum atomic E-state index is -3.76. The summed E-state index contributed by atoms with van der Waals surface area (Å²) >= 11 is 0. The van der Waals surface area contributed by atoms with Gasteiger partial charge in [-0.25, -0.2) is 12.8 Å². The van der Waals surface area contributed by atoms with E-state index in [0.29, 0.717) is 37.1 Å². The van der Waals surface area contributed by atoms with E-state index in [1.807, 2.05) is 0 Å². The van der Waals surface area contributed by atoms with E-state index in [1.54, 1.807) is 6.07 Å². The first kappa shape index (κ1) is 23.5. The van der Waals surface area contributed by atoms with Gasteiger partial charge < -0.3 is 9.64 Å². The van der Waals surface area contributed by atoms with Crippen molar-refractivity contribution in [1.29, 1.82) is 0 Å². The second-order valence-electron chi connectivity index (χ2n) is 8.46. The maximum Gasteiger partial charge on any atom is 0.244 e. The maximum absolute atomic E-state index is 13.1. The van der Waals surface area contributed by atoms with Crippen LogP contribution in [0.2, 0.25) is 0 Å². The van der Waals surface area contributed by atoms with E-state index in [1.165, 1.54) is 47.8 Å². The van der Waals surface area contributed by atoms with E-state index in [4.69, 9.17) is 4.74 Å². The molecular weight excluding hydrogens is 447 g/mol. The number of hydrogen-bond acceptors (Lipinski definition) is 6. The van der Waals surface area contributed by atoms with Crippen molar-refractivity contribution < 1.29 is 27.1 Å². The quantitative estimate of drug-likeness (QED) is 0.574. The summed E-state index contributed by atoms with van der Waals surface area (Å²) < 4.78 is 45.5. The minimum absolute atomic E-state index is 0.00165. The third kappa shape index (κ3) is 5.00. The van der Waals surface area contributed by atoms with E-state index >= 15 is 0 Å². The van der Waals surface area contributed by atoms with E-state index in [-0.39, 0.29) is 46.9 Å². The number of methoxy groups -OCH3 is 1. The molecule has 0 atom stereocenters. The van der Waals surface area contributed by atoms with Crippen LogP contribution in [0.4, 0.5) is 4.39 Å². The summed E-state index contributed by atoms with van der Waals surface area (Å²) in [5.74, 6) is -0.228. The lowest BCUT2D eigenvalue weighted by atomic mass is 9.89. The Hall–Kier alpha value is -2.62. The third-order valence-electron chi connectivity index (χ3n) is 6.40. The summed E-state index contributed by atoms with van der Waals surface area (Å²) in [7, 11) is -2.31. The van der Waals surface area contributed by atoms with Crippen molar-refractivity contribution in [2.24, 2.45) is 5.92 Å². The summed E-state index contributed by atoms with van der Waals surface area (Å²) in [6.45, 7) is 2.25. The van der Waals surface area contributed by atoms with Crippen LogP contribution in [-0.4, -0.2) is 69.0 Å². The Morgan fingerprint density at radius 2 is 1.79 bits per heavy atom. The van der Waals surface area contributed by atoms with Crippen LogP contribution in [0.25, 0.3) is 0 Å². The Labute approximate surface area is 193 Å². The first-order valence-corrected chi connectivity index (χ1v) is 12.5. The van der Waals surface area contributed by atoms with Gasteiger partial charge in [0.1, 0.15) is 11.6 Å². The number of Topliss-reactive ketones (excluding diaryl/α,β-unsaturated/α-hetero) is 2. The average Bonchev–Trinajstić information content (AvgIpc) is 2.82. The lowest BCUT2D eigenvalue weighted by Gasteiger charge is -2.32. The van der Waals surface area contributed by atoms with Crippen molar-refractivity contribution in [1.82, 2.24) is 9.21 Å². The Balaban J connectivity index is 1.30. The van der Waals surface area contributed by atoms with Gasteiger partial charge in [0, 0.05) is 29.7 Å². The van der Waals surface area contributed by atoms with Crippen LogP contribution in [0, 0.1) is 11.7 Å². The monoisotopic (exact) mass is 474 g/mol. The molecule has 2 aromatic rings. The molecule has 9 heteroatoms. The van der Waals surface area contributed by atoms with E-state index in [0.717, 1.165) is 13.1 Å². The molecule has 2 aliphatic rings. The number of carbonyl (C=O) groups is 2. The van der Waals surface area contributed by atoms with Gasteiger partial charge in [-0.05, 0) is 75.3 Å². The molecule has 0 bridgehead atoms. The number of carbonyl (C=O) groups excluding carboxylic acids is 2. The molecule has 0 aromatic heterocycles. The van der Waals surface area contributed by atoms with Gasteiger partial charge in [-0.2, -0.15) is 4.31 Å². The molecule has 7 nitrogen and oxygen atoms in total. The molecule has 176 valence electrons. The summed E-state index contributed by atoms with van der Waals surface area (Å²) in [6.07, 6.45) is 2.01. The fraction of sp³-hybridized carbons (Fsp3) is 0.417. The zero-order valence-corrected chi connectivity index (χ0v) is 19.3. The highest BCUT2D eigenvalue weighted by atomic mass is 32.2. The summed E-state index contributed by atoms with van der Waals surface area (Å²) in [4.78, 5) is 27.3. The van der Waals surface area contributed by atoms with Crippen LogP contribution in [-0.2, 0) is 10.0 Å². The van der Waals surface area contributed by atoms with Gasteiger partial charge in [0.15, 0.2) is 11.6 Å². The van der Waals surface area contributed by atoms with Gasteiger partial charge in [-0.3, -0.25) is 9.59 Å². The maximum atomic E-state index is 13.1. The number of ketones is 2. The number of nitrogens with zero attached hydrogens (tertiary/aromatic N) is 2. The number of benzene rings is 2. The molecule has 4 rings (SSSR count). The van der Waals surface area contributed by atoms with E-state index in [2.05, 4.69) is 4.90 Å². The van der Waals surface area contributed by atoms with Crippen molar-refractivity contribution in [3.63, 3.8) is 0 Å². The zero-order chi connectivity index (χ0) is 23.6. The third-order valence-corrected chi connectivity index (χ3v) is 8.28. The molecule has 0 radical (unpaired) electrons. The largest absolute Gasteiger partial charge is 0.497 e. The number of sulfonamides is 1. The van der Waals surface area contributed by atoms with Crippen LogP contribution in [0.3, 0.4) is 0 Å². The number of hydrogen-bond donors (Lipinski definition) is 0. The molecule has 0 saturated carbocycles. The first-order valence-electron chi connectivity index (χ1n) is 11.0. The van der Waals surface area contributed by atoms with Gasteiger partial charge in [0.25, 0.3) is 0 Å². The summed E-state index contributed by atoms with van der Waals surface area (Å²) in [5.41, 5.74) is 0.742. The van der Waals surface area contributed by atoms with Crippen molar-refractivity contribution >= 4 is 21.6 Å². The molecule has 1 saturated heterocycles. The Morgan fingerprint density at radius 1 is 1.09 bits per heavy atom. The zero-order valence-electron chi connectivity index (χ0n) is 18.5. The molecular formula is C24H27FN2O5S. The van der Waals surface area contributed by atoms with Gasteiger partial charge in [-0.1, -0.05) is 0 Å². The van der Waals surface area contributed by atoms with Gasteiger partial charge in [0.05, 0.1) is 18.6 Å². The second-order valence-corrected chi connectivity index (χ2v) is 10.4. The minimum Gasteiger partial charge on any atom is -0.497 e. The Morgan fingerprint density at radius 3 is 2.45 bits per heavy atom. The summed E-state index contributed by atoms with van der Waals surface area (Å²) in [5, 5.41) is 0. The fourth-order valence-electron chi connectivity index (χ4n) is 4.48. The number of piperidine rings is 1. The Bertz CT molecular complexity index is 1140. The molecule has 2 aliphatic heterocycles. The first-order chi connectivity index (χ1) is 15.8. The van der Waals surface area contributed by atoms with Crippen molar-refractivity contribution in [2.45, 2.75) is 24.2 Å². The molecule has 33 heavy (non-hydrogen) atoms. The fourth-order valence-corrected chi connectivity index (χ4v) is 6.14.